The lowest BCUT2D eigenvalue weighted by molar-refractivity contribution is -0.165. The third kappa shape index (κ3) is 2.13. The Morgan fingerprint density at radius 3 is 2.07 bits per heavy atom. The molecule has 1 saturated carbocycles. The van der Waals surface area contributed by atoms with Gasteiger partial charge in [0.2, 0.25) is 0 Å². The number of aliphatic carboxylic acids is 2. The fraction of sp³-hybridized carbons (Fsp3) is 0.818. The van der Waals surface area contributed by atoms with Crippen molar-refractivity contribution in [2.75, 3.05) is 0 Å². The Hall–Kier alpha value is -1.06. The van der Waals surface area contributed by atoms with Crippen molar-refractivity contribution in [2.24, 2.45) is 11.3 Å². The Bertz CT molecular complexity index is 253. The highest BCUT2D eigenvalue weighted by molar-refractivity contribution is 5.83. The van der Waals surface area contributed by atoms with Gasteiger partial charge in [-0.1, -0.05) is 26.2 Å². The molecule has 0 radical (unpaired) electrons. The van der Waals surface area contributed by atoms with Gasteiger partial charge in [0.1, 0.15) is 0 Å². The SMILES string of the molecule is CCC(C(=O)O)C1(C(=O)O)CCCCC1. The lowest BCUT2D eigenvalue weighted by Crippen LogP contribution is -2.43. The zero-order valence-electron chi connectivity index (χ0n) is 9.03. The normalized spacial score (nSPS) is 21.9. The molecule has 0 amide bonds. The predicted molar refractivity (Wildman–Crippen MR) is 54.6 cm³/mol. The second-order valence-electron chi connectivity index (χ2n) is 4.32. The predicted octanol–water partition coefficient (Wildman–Crippen LogP) is 2.13. The van der Waals surface area contributed by atoms with Gasteiger partial charge in [0, 0.05) is 0 Å². The summed E-state index contributed by atoms with van der Waals surface area (Å²) in [6.45, 7) is 1.75. The molecule has 2 N–H and O–H groups in total. The monoisotopic (exact) mass is 214 g/mol. The molecule has 1 fully saturated rings. The van der Waals surface area contributed by atoms with Crippen molar-refractivity contribution in [3.05, 3.63) is 0 Å². The Labute approximate surface area is 89.3 Å². The molecular weight excluding hydrogens is 196 g/mol. The fourth-order valence-electron chi connectivity index (χ4n) is 2.70. The summed E-state index contributed by atoms with van der Waals surface area (Å²) in [4.78, 5) is 22.4. The molecule has 0 heterocycles. The molecule has 0 aliphatic heterocycles. The molecule has 0 bridgehead atoms. The topological polar surface area (TPSA) is 74.6 Å². The second kappa shape index (κ2) is 4.64. The van der Waals surface area contributed by atoms with Gasteiger partial charge < -0.3 is 10.2 Å². The molecule has 0 spiro atoms. The third-order valence-electron chi connectivity index (χ3n) is 3.55. The van der Waals surface area contributed by atoms with Crippen molar-refractivity contribution in [1.29, 1.82) is 0 Å². The molecular formula is C11H18O4. The minimum Gasteiger partial charge on any atom is -0.481 e. The molecule has 1 aliphatic rings. The molecule has 4 heteroatoms. The van der Waals surface area contributed by atoms with Gasteiger partial charge in [0.15, 0.2) is 0 Å². The van der Waals surface area contributed by atoms with Gasteiger partial charge in [-0.2, -0.15) is 0 Å². The zero-order valence-corrected chi connectivity index (χ0v) is 9.03. The highest BCUT2D eigenvalue weighted by Crippen LogP contribution is 2.44. The van der Waals surface area contributed by atoms with Crippen LogP contribution in [0.3, 0.4) is 0 Å². The van der Waals surface area contributed by atoms with Crippen LogP contribution in [0.25, 0.3) is 0 Å². The maximum atomic E-state index is 11.3. The number of rotatable bonds is 4. The second-order valence-corrected chi connectivity index (χ2v) is 4.32. The molecule has 0 saturated heterocycles. The van der Waals surface area contributed by atoms with Crippen molar-refractivity contribution >= 4 is 11.9 Å². The first kappa shape index (κ1) is 12.0. The number of hydrogen-bond acceptors (Lipinski definition) is 2. The highest BCUT2D eigenvalue weighted by atomic mass is 16.4. The summed E-state index contributed by atoms with van der Waals surface area (Å²) < 4.78 is 0. The molecule has 86 valence electrons. The van der Waals surface area contributed by atoms with Crippen molar-refractivity contribution < 1.29 is 19.8 Å². The first-order valence-electron chi connectivity index (χ1n) is 5.51. The van der Waals surface area contributed by atoms with Gasteiger partial charge in [-0.15, -0.1) is 0 Å². The highest BCUT2D eigenvalue weighted by Gasteiger charge is 2.48. The molecule has 1 rings (SSSR count). The molecule has 0 aromatic heterocycles. The Morgan fingerprint density at radius 1 is 1.20 bits per heavy atom. The summed E-state index contributed by atoms with van der Waals surface area (Å²) in [5.41, 5.74) is -1.02. The van der Waals surface area contributed by atoms with Crippen LogP contribution in [-0.2, 0) is 9.59 Å². The van der Waals surface area contributed by atoms with Gasteiger partial charge in [-0.05, 0) is 19.3 Å². The minimum atomic E-state index is -1.02. The minimum absolute atomic E-state index is 0.391. The molecule has 4 nitrogen and oxygen atoms in total. The van der Waals surface area contributed by atoms with Crippen LogP contribution in [0.2, 0.25) is 0 Å². The van der Waals surface area contributed by atoms with Gasteiger partial charge in [-0.3, -0.25) is 9.59 Å². The van der Waals surface area contributed by atoms with E-state index in [0.717, 1.165) is 19.3 Å². The summed E-state index contributed by atoms with van der Waals surface area (Å²) in [7, 11) is 0. The van der Waals surface area contributed by atoms with E-state index in [9.17, 15) is 14.7 Å². The van der Waals surface area contributed by atoms with E-state index in [-0.39, 0.29) is 0 Å². The average molecular weight is 214 g/mol. The summed E-state index contributed by atoms with van der Waals surface area (Å²) >= 11 is 0. The summed E-state index contributed by atoms with van der Waals surface area (Å²) in [6, 6.07) is 0. The van der Waals surface area contributed by atoms with Crippen molar-refractivity contribution in [2.45, 2.75) is 45.4 Å². The van der Waals surface area contributed by atoms with Gasteiger partial charge in [-0.25, -0.2) is 0 Å². The fourth-order valence-corrected chi connectivity index (χ4v) is 2.70. The summed E-state index contributed by atoms with van der Waals surface area (Å²) in [5.74, 6) is -2.64. The first-order valence-corrected chi connectivity index (χ1v) is 5.51. The van der Waals surface area contributed by atoms with E-state index in [1.807, 2.05) is 0 Å². The van der Waals surface area contributed by atoms with Crippen molar-refractivity contribution in [3.63, 3.8) is 0 Å². The molecule has 1 atom stereocenters. The Morgan fingerprint density at radius 2 is 1.73 bits per heavy atom. The quantitative estimate of drug-likeness (QED) is 0.751. The van der Waals surface area contributed by atoms with Crippen LogP contribution < -0.4 is 0 Å². The van der Waals surface area contributed by atoms with Crippen molar-refractivity contribution in [3.8, 4) is 0 Å². The van der Waals surface area contributed by atoms with Crippen LogP contribution in [0, 0.1) is 11.3 Å². The van der Waals surface area contributed by atoms with E-state index in [1.165, 1.54) is 0 Å². The molecule has 0 aromatic carbocycles. The zero-order chi connectivity index (χ0) is 11.5. The largest absolute Gasteiger partial charge is 0.481 e. The maximum absolute atomic E-state index is 11.3. The Balaban J connectivity index is 2.97. The number of carboxylic acid groups (broad SMARTS) is 2. The lowest BCUT2D eigenvalue weighted by atomic mass is 9.65. The van der Waals surface area contributed by atoms with Crippen LogP contribution >= 0.6 is 0 Å². The lowest BCUT2D eigenvalue weighted by Gasteiger charge is -2.37. The van der Waals surface area contributed by atoms with Gasteiger partial charge in [0.25, 0.3) is 0 Å². The smallest absolute Gasteiger partial charge is 0.310 e. The first-order chi connectivity index (χ1) is 7.04. The van der Waals surface area contributed by atoms with Crippen molar-refractivity contribution in [1.82, 2.24) is 0 Å². The third-order valence-corrected chi connectivity index (χ3v) is 3.55. The molecule has 0 aromatic rings. The van der Waals surface area contributed by atoms with E-state index in [2.05, 4.69) is 0 Å². The van der Waals surface area contributed by atoms with Gasteiger partial charge in [0.05, 0.1) is 11.3 Å². The van der Waals surface area contributed by atoms with Crippen LogP contribution in [0.4, 0.5) is 0 Å². The number of hydrogen-bond donors (Lipinski definition) is 2. The van der Waals surface area contributed by atoms with Crippen LogP contribution in [0.1, 0.15) is 45.4 Å². The summed E-state index contributed by atoms with van der Waals surface area (Å²) in [5, 5.41) is 18.4. The number of carbonyl (C=O) groups is 2. The maximum Gasteiger partial charge on any atom is 0.310 e. The Kier molecular flexibility index (Phi) is 3.72. The molecule has 1 unspecified atom stereocenters. The van der Waals surface area contributed by atoms with E-state index in [0.29, 0.717) is 19.3 Å². The van der Waals surface area contributed by atoms with Crippen LogP contribution in [0.5, 0.6) is 0 Å². The average Bonchev–Trinajstić information content (AvgIpc) is 2.19. The number of carboxylic acids is 2. The van der Waals surface area contributed by atoms with Crippen LogP contribution in [-0.4, -0.2) is 22.2 Å². The van der Waals surface area contributed by atoms with E-state index in [1.54, 1.807) is 6.92 Å². The summed E-state index contributed by atoms with van der Waals surface area (Å²) in [6.07, 6.45) is 4.08. The van der Waals surface area contributed by atoms with E-state index >= 15 is 0 Å². The van der Waals surface area contributed by atoms with E-state index in [4.69, 9.17) is 5.11 Å². The van der Waals surface area contributed by atoms with Crippen LogP contribution in [0.15, 0.2) is 0 Å². The molecule has 1 aliphatic carbocycles. The van der Waals surface area contributed by atoms with Gasteiger partial charge >= 0.3 is 11.9 Å². The standard InChI is InChI=1S/C11H18O4/c1-2-8(9(12)13)11(10(14)15)6-4-3-5-7-11/h8H,2-7H2,1H3,(H,12,13)(H,14,15). The van der Waals surface area contributed by atoms with E-state index < -0.39 is 23.3 Å². The molecule has 15 heavy (non-hydrogen) atoms.